The van der Waals surface area contributed by atoms with Crippen molar-refractivity contribution in [2.75, 3.05) is 36.7 Å². The molecular weight excluding hydrogens is 585 g/mol. The van der Waals surface area contributed by atoms with Gasteiger partial charge in [-0.1, -0.05) is 12.1 Å². The van der Waals surface area contributed by atoms with E-state index in [9.17, 15) is 18.0 Å². The molecule has 2 aromatic heterocycles. The number of benzene rings is 2. The third kappa shape index (κ3) is 7.95. The standard InChI is InChI=1S/C33H35F3N6O3/c1-20-9-11-24(41-32(43)21-6-4-7-23(14-21)33(34,35)36)15-27(20)42-31-26(8-5-13-37-31)28-17-30(40-19-39-28)38-18-22-10-12-25(44-2)16-29(22)45-3/h4-9,11,13-15,17,19,22,25,29H,10,12,16,18H2,1-3H3,(H,37,42)(H,41,43)(H,38,39,40). The highest BCUT2D eigenvalue weighted by Gasteiger charge is 2.31. The predicted octanol–water partition coefficient (Wildman–Crippen LogP) is 7.10. The van der Waals surface area contributed by atoms with E-state index in [4.69, 9.17) is 9.47 Å². The Morgan fingerprint density at radius 3 is 2.60 bits per heavy atom. The average Bonchev–Trinajstić information content (AvgIpc) is 3.05. The number of pyridine rings is 1. The fourth-order valence-corrected chi connectivity index (χ4v) is 5.44. The van der Waals surface area contributed by atoms with Crippen molar-refractivity contribution in [1.29, 1.82) is 0 Å². The summed E-state index contributed by atoms with van der Waals surface area (Å²) < 4.78 is 50.7. The Bertz CT molecular complexity index is 1630. The monoisotopic (exact) mass is 620 g/mol. The van der Waals surface area contributed by atoms with Gasteiger partial charge < -0.3 is 25.4 Å². The van der Waals surface area contributed by atoms with Gasteiger partial charge in [-0.3, -0.25) is 4.79 Å². The van der Waals surface area contributed by atoms with Crippen LogP contribution in [0.5, 0.6) is 0 Å². The molecule has 0 radical (unpaired) electrons. The van der Waals surface area contributed by atoms with E-state index < -0.39 is 17.6 Å². The Kier molecular flexibility index (Phi) is 9.94. The molecule has 1 aliphatic rings. The lowest BCUT2D eigenvalue weighted by Gasteiger charge is -2.34. The highest BCUT2D eigenvalue weighted by molar-refractivity contribution is 6.04. The SMILES string of the molecule is COC1CCC(CNc2cc(-c3cccnc3Nc3cc(NC(=O)c4cccc(C(F)(F)F)c4)ccc3C)ncn2)C(OC)C1. The zero-order chi connectivity index (χ0) is 32.0. The Morgan fingerprint density at radius 1 is 0.978 bits per heavy atom. The molecule has 1 saturated carbocycles. The molecule has 4 aromatic rings. The first-order chi connectivity index (χ1) is 21.6. The van der Waals surface area contributed by atoms with Gasteiger partial charge in [-0.05, 0) is 67.8 Å². The van der Waals surface area contributed by atoms with E-state index in [0.717, 1.165) is 42.5 Å². The number of methoxy groups -OCH3 is 2. The lowest BCUT2D eigenvalue weighted by atomic mass is 9.84. The summed E-state index contributed by atoms with van der Waals surface area (Å²) in [6.07, 6.45) is 1.74. The van der Waals surface area contributed by atoms with Gasteiger partial charge >= 0.3 is 6.18 Å². The van der Waals surface area contributed by atoms with Gasteiger partial charge in [0.15, 0.2) is 0 Å². The summed E-state index contributed by atoms with van der Waals surface area (Å²) in [5.74, 6) is 0.872. The summed E-state index contributed by atoms with van der Waals surface area (Å²) in [7, 11) is 3.47. The van der Waals surface area contributed by atoms with E-state index in [1.165, 1.54) is 18.5 Å². The number of amides is 1. The number of rotatable bonds is 10. The predicted molar refractivity (Wildman–Crippen MR) is 167 cm³/mol. The number of halogens is 3. The highest BCUT2D eigenvalue weighted by atomic mass is 19.4. The van der Waals surface area contributed by atoms with Crippen molar-refractivity contribution in [3.8, 4) is 11.3 Å². The molecule has 5 rings (SSSR count). The van der Waals surface area contributed by atoms with Gasteiger partial charge in [-0.25, -0.2) is 15.0 Å². The summed E-state index contributed by atoms with van der Waals surface area (Å²) in [4.78, 5) is 26.2. The van der Waals surface area contributed by atoms with E-state index in [0.29, 0.717) is 41.2 Å². The number of carbonyl (C=O) groups is 1. The van der Waals surface area contributed by atoms with E-state index in [1.54, 1.807) is 38.6 Å². The van der Waals surface area contributed by atoms with E-state index in [-0.39, 0.29) is 17.8 Å². The average molecular weight is 621 g/mol. The zero-order valence-electron chi connectivity index (χ0n) is 25.2. The van der Waals surface area contributed by atoms with E-state index in [2.05, 4.69) is 30.9 Å². The van der Waals surface area contributed by atoms with Crippen LogP contribution in [0.3, 0.4) is 0 Å². The molecule has 1 amide bonds. The van der Waals surface area contributed by atoms with Crippen molar-refractivity contribution in [3.63, 3.8) is 0 Å². The van der Waals surface area contributed by atoms with Crippen molar-refractivity contribution < 1.29 is 27.4 Å². The minimum Gasteiger partial charge on any atom is -0.381 e. The molecule has 12 heteroatoms. The summed E-state index contributed by atoms with van der Waals surface area (Å²) in [5.41, 5.74) is 2.33. The lowest BCUT2D eigenvalue weighted by molar-refractivity contribution is -0.137. The summed E-state index contributed by atoms with van der Waals surface area (Å²) in [6, 6.07) is 15.1. The molecule has 0 bridgehead atoms. The van der Waals surface area contributed by atoms with Crippen LogP contribution < -0.4 is 16.0 Å². The lowest BCUT2D eigenvalue weighted by Crippen LogP contribution is -2.38. The number of aryl methyl sites for hydroxylation is 1. The summed E-state index contributed by atoms with van der Waals surface area (Å²) in [6.45, 7) is 2.59. The first kappa shape index (κ1) is 31.9. The van der Waals surface area contributed by atoms with Gasteiger partial charge in [0.05, 0.1) is 23.5 Å². The van der Waals surface area contributed by atoms with Crippen LogP contribution in [0.15, 0.2) is 73.2 Å². The van der Waals surface area contributed by atoms with Gasteiger partial charge in [-0.2, -0.15) is 13.2 Å². The molecule has 1 aliphatic carbocycles. The maximum Gasteiger partial charge on any atom is 0.416 e. The second kappa shape index (κ2) is 14.0. The summed E-state index contributed by atoms with van der Waals surface area (Å²) >= 11 is 0. The summed E-state index contributed by atoms with van der Waals surface area (Å²) in [5, 5.41) is 9.45. The molecular formula is C33H35F3N6O3. The van der Waals surface area contributed by atoms with Crippen LogP contribution in [-0.2, 0) is 15.7 Å². The van der Waals surface area contributed by atoms with Crippen LogP contribution in [0, 0.1) is 12.8 Å². The van der Waals surface area contributed by atoms with Crippen molar-refractivity contribution >= 4 is 28.9 Å². The topological polar surface area (TPSA) is 110 Å². The van der Waals surface area contributed by atoms with Crippen LogP contribution in [0.4, 0.5) is 36.2 Å². The Balaban J connectivity index is 1.30. The number of anilines is 4. The Labute approximate surface area is 259 Å². The molecule has 9 nitrogen and oxygen atoms in total. The number of nitrogens with one attached hydrogen (secondary N) is 3. The van der Waals surface area contributed by atoms with Crippen LogP contribution in [0.1, 0.15) is 40.7 Å². The van der Waals surface area contributed by atoms with Crippen LogP contribution in [0.25, 0.3) is 11.3 Å². The molecule has 0 saturated heterocycles. The molecule has 45 heavy (non-hydrogen) atoms. The van der Waals surface area contributed by atoms with Crippen molar-refractivity contribution in [3.05, 3.63) is 89.9 Å². The van der Waals surface area contributed by atoms with Gasteiger partial charge in [0, 0.05) is 67.9 Å². The van der Waals surface area contributed by atoms with E-state index >= 15 is 0 Å². The molecule has 3 unspecified atom stereocenters. The number of ether oxygens (including phenoxy) is 2. The highest BCUT2D eigenvalue weighted by Crippen LogP contribution is 2.33. The normalized spacial score (nSPS) is 18.3. The molecule has 0 aliphatic heterocycles. The maximum absolute atomic E-state index is 13.1. The zero-order valence-corrected chi connectivity index (χ0v) is 25.2. The van der Waals surface area contributed by atoms with Crippen LogP contribution in [0.2, 0.25) is 0 Å². The smallest absolute Gasteiger partial charge is 0.381 e. The maximum atomic E-state index is 13.1. The molecule has 2 aromatic carbocycles. The van der Waals surface area contributed by atoms with Gasteiger partial charge in [0.25, 0.3) is 5.91 Å². The Hall–Kier alpha value is -4.55. The van der Waals surface area contributed by atoms with Crippen molar-refractivity contribution in [1.82, 2.24) is 15.0 Å². The number of aromatic nitrogens is 3. The number of nitrogens with zero attached hydrogens (tertiary/aromatic N) is 3. The minimum absolute atomic E-state index is 0.0968. The quantitative estimate of drug-likeness (QED) is 0.172. The van der Waals surface area contributed by atoms with Gasteiger partial charge in [-0.15, -0.1) is 0 Å². The van der Waals surface area contributed by atoms with Crippen molar-refractivity contribution in [2.24, 2.45) is 5.92 Å². The molecule has 3 atom stereocenters. The number of carbonyl (C=O) groups excluding carboxylic acids is 1. The van der Waals surface area contributed by atoms with Gasteiger partial charge in [0.1, 0.15) is 18.0 Å². The molecule has 2 heterocycles. The molecule has 3 N–H and O–H groups in total. The Morgan fingerprint density at radius 2 is 1.82 bits per heavy atom. The molecule has 0 spiro atoms. The first-order valence-corrected chi connectivity index (χ1v) is 14.6. The third-order valence-corrected chi connectivity index (χ3v) is 8.01. The second-order valence-corrected chi connectivity index (χ2v) is 11.0. The van der Waals surface area contributed by atoms with Crippen molar-refractivity contribution in [2.45, 2.75) is 44.6 Å². The van der Waals surface area contributed by atoms with Gasteiger partial charge in [0.2, 0.25) is 0 Å². The first-order valence-electron chi connectivity index (χ1n) is 14.6. The minimum atomic E-state index is -4.55. The number of hydrogen-bond donors (Lipinski definition) is 3. The fraction of sp³-hybridized carbons (Fsp3) is 0.333. The molecule has 236 valence electrons. The second-order valence-electron chi connectivity index (χ2n) is 11.0. The van der Waals surface area contributed by atoms with E-state index in [1.807, 2.05) is 25.1 Å². The largest absolute Gasteiger partial charge is 0.416 e. The fourth-order valence-electron chi connectivity index (χ4n) is 5.44. The van der Waals surface area contributed by atoms with Crippen LogP contribution >= 0.6 is 0 Å². The number of hydrogen-bond acceptors (Lipinski definition) is 8. The molecule has 1 fully saturated rings. The third-order valence-electron chi connectivity index (χ3n) is 8.01. The van der Waals surface area contributed by atoms with Crippen LogP contribution in [-0.4, -0.2) is 53.8 Å². The number of alkyl halides is 3.